The first-order valence-corrected chi connectivity index (χ1v) is 14.5. The lowest BCUT2D eigenvalue weighted by Crippen LogP contribution is -2.23. The predicted octanol–water partition coefficient (Wildman–Crippen LogP) is 7.78. The maximum Gasteiger partial charge on any atom is 0.134 e. The molecule has 36 heavy (non-hydrogen) atoms. The molecule has 2 aliphatic carbocycles. The highest BCUT2D eigenvalue weighted by Crippen LogP contribution is 2.38. The second kappa shape index (κ2) is 11.8. The van der Waals surface area contributed by atoms with Gasteiger partial charge >= 0.3 is 0 Å². The van der Waals surface area contributed by atoms with E-state index in [9.17, 15) is 4.79 Å². The number of hydrogen-bond donors (Lipinski definition) is 1. The van der Waals surface area contributed by atoms with Crippen molar-refractivity contribution in [3.8, 4) is 0 Å². The van der Waals surface area contributed by atoms with Crippen LogP contribution in [0.4, 0.5) is 0 Å². The second-order valence-electron chi connectivity index (χ2n) is 11.8. The molecule has 0 amide bonds. The number of aromatic nitrogens is 1. The van der Waals surface area contributed by atoms with E-state index in [1.165, 1.54) is 72.5 Å². The first kappa shape index (κ1) is 25.3. The van der Waals surface area contributed by atoms with E-state index in [0.29, 0.717) is 24.0 Å². The highest BCUT2D eigenvalue weighted by Gasteiger charge is 2.27. The van der Waals surface area contributed by atoms with E-state index in [4.69, 9.17) is 5.73 Å². The number of benzene rings is 2. The van der Waals surface area contributed by atoms with Gasteiger partial charge in [-0.3, -0.25) is 4.79 Å². The van der Waals surface area contributed by atoms with Crippen molar-refractivity contribution in [1.29, 1.82) is 0 Å². The molecule has 2 saturated carbocycles. The summed E-state index contributed by atoms with van der Waals surface area (Å²) in [6, 6.07) is 17.7. The van der Waals surface area contributed by atoms with E-state index in [1.54, 1.807) is 0 Å². The Morgan fingerprint density at radius 2 is 1.67 bits per heavy atom. The number of Topliss-reactive ketones (excluding diaryl/α,β-unsaturated/α-hetero) is 1. The van der Waals surface area contributed by atoms with E-state index in [2.05, 4.69) is 66.2 Å². The first-order chi connectivity index (χ1) is 17.6. The van der Waals surface area contributed by atoms with E-state index >= 15 is 0 Å². The zero-order valence-corrected chi connectivity index (χ0v) is 22.1. The lowest BCUT2D eigenvalue weighted by Gasteiger charge is -2.27. The van der Waals surface area contributed by atoms with Crippen LogP contribution in [0.2, 0.25) is 0 Å². The first-order valence-electron chi connectivity index (χ1n) is 14.5. The molecule has 1 aromatic heterocycles. The third-order valence-corrected chi connectivity index (χ3v) is 9.07. The fourth-order valence-corrected chi connectivity index (χ4v) is 6.95. The van der Waals surface area contributed by atoms with Gasteiger partial charge in [0.1, 0.15) is 5.78 Å². The van der Waals surface area contributed by atoms with Gasteiger partial charge < -0.3 is 10.3 Å². The van der Waals surface area contributed by atoms with Crippen molar-refractivity contribution in [2.45, 2.75) is 90.0 Å². The number of carbonyl (C=O) groups excluding carboxylic acids is 1. The Bertz CT molecular complexity index is 1150. The molecule has 5 rings (SSSR count). The monoisotopic (exact) mass is 484 g/mol. The topological polar surface area (TPSA) is 48.0 Å². The maximum absolute atomic E-state index is 13.5. The Morgan fingerprint density at radius 1 is 0.917 bits per heavy atom. The number of nitrogens with zero attached hydrogens (tertiary/aromatic N) is 1. The molecule has 0 radical (unpaired) electrons. The standard InChI is InChI=1S/C33H44N2O/c1-24-8-7-11-28(18-24)31(20-29(36)19-25-14-16-26(21-34)17-15-25)32-23-35(22-27-9-3-2-4-10-27)33-13-6-5-12-30(32)33/h5-8,11-13,18,23,25-27,31H,2-4,9-10,14-17,19-22,34H2,1H3. The number of ketones is 1. The largest absolute Gasteiger partial charge is 0.347 e. The Balaban J connectivity index is 1.42. The minimum atomic E-state index is 0.107. The third-order valence-electron chi connectivity index (χ3n) is 9.07. The number of nitrogens with two attached hydrogens (primary N) is 1. The highest BCUT2D eigenvalue weighted by atomic mass is 16.1. The summed E-state index contributed by atoms with van der Waals surface area (Å²) in [4.78, 5) is 13.5. The van der Waals surface area contributed by atoms with Crippen LogP contribution >= 0.6 is 0 Å². The Labute approximate surface area is 217 Å². The number of hydrogen-bond acceptors (Lipinski definition) is 2. The lowest BCUT2D eigenvalue weighted by atomic mass is 9.78. The van der Waals surface area contributed by atoms with Crippen LogP contribution in [0.3, 0.4) is 0 Å². The average Bonchev–Trinajstić information content (AvgIpc) is 3.26. The van der Waals surface area contributed by atoms with Gasteiger partial charge in [0.15, 0.2) is 0 Å². The maximum atomic E-state index is 13.5. The Hall–Kier alpha value is -2.39. The van der Waals surface area contributed by atoms with Gasteiger partial charge in [-0.05, 0) is 86.9 Å². The molecule has 0 saturated heterocycles. The van der Waals surface area contributed by atoms with Gasteiger partial charge in [0.2, 0.25) is 0 Å². The number of rotatable bonds is 9. The summed E-state index contributed by atoms with van der Waals surface area (Å²) in [5.41, 5.74) is 11.1. The van der Waals surface area contributed by atoms with Crippen LogP contribution in [-0.2, 0) is 11.3 Å². The minimum Gasteiger partial charge on any atom is -0.347 e. The minimum absolute atomic E-state index is 0.107. The molecule has 2 N–H and O–H groups in total. The number of fused-ring (bicyclic) bond motifs is 1. The SMILES string of the molecule is Cc1cccc(C(CC(=O)CC2CCC(CN)CC2)c2cn(CC3CCCCC3)c3ccccc23)c1. The number of aryl methyl sites for hydroxylation is 1. The fourth-order valence-electron chi connectivity index (χ4n) is 6.95. The molecule has 3 nitrogen and oxygen atoms in total. The lowest BCUT2D eigenvalue weighted by molar-refractivity contribution is -0.120. The van der Waals surface area contributed by atoms with E-state index in [-0.39, 0.29) is 5.92 Å². The predicted molar refractivity (Wildman–Crippen MR) is 150 cm³/mol. The van der Waals surface area contributed by atoms with Crippen LogP contribution in [0.1, 0.15) is 93.2 Å². The summed E-state index contributed by atoms with van der Waals surface area (Å²) < 4.78 is 2.50. The molecular formula is C33H44N2O. The molecule has 1 heterocycles. The van der Waals surface area contributed by atoms with Crippen molar-refractivity contribution in [3.63, 3.8) is 0 Å². The van der Waals surface area contributed by atoms with E-state index in [0.717, 1.165) is 38.3 Å². The average molecular weight is 485 g/mol. The molecule has 0 spiro atoms. The van der Waals surface area contributed by atoms with Gasteiger partial charge in [-0.15, -0.1) is 0 Å². The van der Waals surface area contributed by atoms with Crippen molar-refractivity contribution in [1.82, 2.24) is 4.57 Å². The van der Waals surface area contributed by atoms with Gasteiger partial charge in [-0.2, -0.15) is 0 Å². The van der Waals surface area contributed by atoms with Crippen molar-refractivity contribution in [2.24, 2.45) is 23.5 Å². The molecule has 0 aliphatic heterocycles. The van der Waals surface area contributed by atoms with Gasteiger partial charge in [0, 0.05) is 42.4 Å². The summed E-state index contributed by atoms with van der Waals surface area (Å²) in [6.07, 6.45) is 15.2. The summed E-state index contributed by atoms with van der Waals surface area (Å²) in [5.74, 6) is 2.49. The molecule has 3 heteroatoms. The molecule has 0 bridgehead atoms. The molecule has 1 unspecified atom stereocenters. The number of carbonyl (C=O) groups is 1. The summed E-state index contributed by atoms with van der Waals surface area (Å²) in [5, 5.41) is 1.32. The van der Waals surface area contributed by atoms with Crippen LogP contribution in [0.15, 0.2) is 54.7 Å². The van der Waals surface area contributed by atoms with Gasteiger partial charge in [0.25, 0.3) is 0 Å². The van der Waals surface area contributed by atoms with Crippen molar-refractivity contribution in [2.75, 3.05) is 6.54 Å². The van der Waals surface area contributed by atoms with Gasteiger partial charge in [-0.25, -0.2) is 0 Å². The normalized spacial score (nSPS) is 22.1. The highest BCUT2D eigenvalue weighted by molar-refractivity contribution is 5.87. The zero-order valence-electron chi connectivity index (χ0n) is 22.1. The van der Waals surface area contributed by atoms with Crippen molar-refractivity contribution < 1.29 is 4.79 Å². The molecule has 2 aromatic carbocycles. The van der Waals surface area contributed by atoms with Crippen LogP contribution in [0.25, 0.3) is 10.9 Å². The zero-order chi connectivity index (χ0) is 24.9. The molecule has 192 valence electrons. The summed E-state index contributed by atoms with van der Waals surface area (Å²) >= 11 is 0. The van der Waals surface area contributed by atoms with Crippen molar-refractivity contribution >= 4 is 16.7 Å². The molecule has 3 aromatic rings. The molecule has 2 fully saturated rings. The number of para-hydroxylation sites is 1. The smallest absolute Gasteiger partial charge is 0.134 e. The molecule has 2 aliphatic rings. The van der Waals surface area contributed by atoms with Gasteiger partial charge in [0.05, 0.1) is 0 Å². The van der Waals surface area contributed by atoms with E-state index in [1.807, 2.05) is 0 Å². The van der Waals surface area contributed by atoms with Gasteiger partial charge in [-0.1, -0.05) is 67.3 Å². The molecule has 1 atom stereocenters. The van der Waals surface area contributed by atoms with E-state index < -0.39 is 0 Å². The van der Waals surface area contributed by atoms with Crippen LogP contribution < -0.4 is 5.73 Å². The van der Waals surface area contributed by atoms with Crippen molar-refractivity contribution in [3.05, 3.63) is 71.4 Å². The Kier molecular flexibility index (Phi) is 8.26. The Morgan fingerprint density at radius 3 is 2.42 bits per heavy atom. The van der Waals surface area contributed by atoms with Crippen LogP contribution in [-0.4, -0.2) is 16.9 Å². The quantitative estimate of drug-likeness (QED) is 0.337. The fraction of sp³-hybridized carbons (Fsp3) is 0.545. The second-order valence-corrected chi connectivity index (χ2v) is 11.8. The van der Waals surface area contributed by atoms with Crippen LogP contribution in [0.5, 0.6) is 0 Å². The van der Waals surface area contributed by atoms with Crippen LogP contribution in [0, 0.1) is 24.7 Å². The molecular weight excluding hydrogens is 440 g/mol. The summed E-state index contributed by atoms with van der Waals surface area (Å²) in [7, 11) is 0. The third kappa shape index (κ3) is 5.94. The summed E-state index contributed by atoms with van der Waals surface area (Å²) in [6.45, 7) is 4.05.